The van der Waals surface area contributed by atoms with E-state index in [-0.39, 0.29) is 5.54 Å². The van der Waals surface area contributed by atoms with Crippen molar-refractivity contribution >= 4 is 16.9 Å². The Kier molecular flexibility index (Phi) is 3.65. The van der Waals surface area contributed by atoms with Gasteiger partial charge in [0.1, 0.15) is 0 Å². The van der Waals surface area contributed by atoms with Crippen molar-refractivity contribution in [3.63, 3.8) is 0 Å². The van der Waals surface area contributed by atoms with E-state index in [0.717, 1.165) is 17.3 Å². The molecule has 1 heterocycles. The second-order valence-electron chi connectivity index (χ2n) is 4.02. The minimum Gasteiger partial charge on any atom is -0.359 e. The summed E-state index contributed by atoms with van der Waals surface area (Å²) in [4.78, 5) is 4.61. The van der Waals surface area contributed by atoms with Gasteiger partial charge >= 0.3 is 0 Å². The van der Waals surface area contributed by atoms with Crippen LogP contribution in [0.15, 0.2) is 4.99 Å². The van der Waals surface area contributed by atoms with Crippen LogP contribution >= 0.6 is 11.8 Å². The van der Waals surface area contributed by atoms with Crippen LogP contribution in [-0.2, 0) is 0 Å². The summed E-state index contributed by atoms with van der Waals surface area (Å²) >= 11 is 1.86. The first kappa shape index (κ1) is 10.9. The number of amidine groups is 1. The van der Waals surface area contributed by atoms with Crippen molar-refractivity contribution in [1.29, 1.82) is 0 Å². The molecule has 0 aliphatic carbocycles. The molecule has 13 heavy (non-hydrogen) atoms. The molecule has 1 N–H and O–H groups in total. The van der Waals surface area contributed by atoms with Crippen LogP contribution < -0.4 is 5.32 Å². The summed E-state index contributed by atoms with van der Waals surface area (Å²) in [5.41, 5.74) is 0.275. The van der Waals surface area contributed by atoms with Gasteiger partial charge in [0.05, 0.1) is 0 Å². The number of hydrogen-bond acceptors (Lipinski definition) is 2. The van der Waals surface area contributed by atoms with Crippen molar-refractivity contribution in [3.05, 3.63) is 0 Å². The smallest absolute Gasteiger partial charge is 0.157 e. The Bertz CT molecular complexity index is 203. The van der Waals surface area contributed by atoms with Crippen LogP contribution in [0.5, 0.6) is 0 Å². The number of thioether (sulfide) groups is 1. The van der Waals surface area contributed by atoms with Gasteiger partial charge in [-0.1, -0.05) is 25.6 Å². The number of rotatable bonds is 3. The van der Waals surface area contributed by atoms with Crippen molar-refractivity contribution in [1.82, 2.24) is 5.32 Å². The van der Waals surface area contributed by atoms with Gasteiger partial charge in [-0.05, 0) is 26.7 Å². The quantitative estimate of drug-likeness (QED) is 0.757. The van der Waals surface area contributed by atoms with Gasteiger partial charge in [0.25, 0.3) is 0 Å². The summed E-state index contributed by atoms with van der Waals surface area (Å²) in [5.74, 6) is 1.15. The lowest BCUT2D eigenvalue weighted by molar-refractivity contribution is 0.465. The second kappa shape index (κ2) is 4.36. The molecule has 0 spiro atoms. The number of hydrogen-bond donors (Lipinski definition) is 1. The summed E-state index contributed by atoms with van der Waals surface area (Å²) in [7, 11) is 0. The van der Waals surface area contributed by atoms with E-state index < -0.39 is 0 Å². The molecule has 0 amide bonds. The van der Waals surface area contributed by atoms with Crippen LogP contribution in [0.1, 0.15) is 40.5 Å². The predicted octanol–water partition coefficient (Wildman–Crippen LogP) is 2.65. The molecule has 76 valence electrons. The molecule has 1 fully saturated rings. The number of aliphatic imine (C=N–C) groups is 1. The summed E-state index contributed by atoms with van der Waals surface area (Å²) in [6, 6.07) is 0.453. The maximum absolute atomic E-state index is 4.61. The maximum Gasteiger partial charge on any atom is 0.157 e. The van der Waals surface area contributed by atoms with E-state index in [0.29, 0.717) is 6.04 Å². The first-order valence-electron chi connectivity index (χ1n) is 5.08. The van der Waals surface area contributed by atoms with E-state index in [1.54, 1.807) is 0 Å². The van der Waals surface area contributed by atoms with Crippen molar-refractivity contribution in [3.8, 4) is 0 Å². The molecular formula is C10H20N2S. The van der Waals surface area contributed by atoms with E-state index in [1.165, 1.54) is 6.42 Å². The lowest BCUT2D eigenvalue weighted by Crippen LogP contribution is -2.39. The van der Waals surface area contributed by atoms with Crippen LogP contribution in [-0.4, -0.2) is 22.5 Å². The molecule has 0 saturated carbocycles. The Balaban J connectivity index is 2.54. The average molecular weight is 200 g/mol. The average Bonchev–Trinajstić information content (AvgIpc) is 2.48. The summed E-state index contributed by atoms with van der Waals surface area (Å²) in [6.45, 7) is 8.82. The highest BCUT2D eigenvalue weighted by atomic mass is 32.2. The Hall–Kier alpha value is -0.180. The van der Waals surface area contributed by atoms with Gasteiger partial charge in [-0.15, -0.1) is 0 Å². The van der Waals surface area contributed by atoms with Gasteiger partial charge in [0.15, 0.2) is 5.17 Å². The lowest BCUT2D eigenvalue weighted by Gasteiger charge is -2.21. The van der Waals surface area contributed by atoms with Crippen LogP contribution in [0.4, 0.5) is 0 Å². The van der Waals surface area contributed by atoms with E-state index >= 15 is 0 Å². The Morgan fingerprint density at radius 3 is 2.77 bits per heavy atom. The third kappa shape index (κ3) is 2.90. The molecule has 1 aliphatic rings. The van der Waals surface area contributed by atoms with Crippen molar-refractivity contribution in [2.45, 2.75) is 52.1 Å². The molecule has 0 aromatic heterocycles. The van der Waals surface area contributed by atoms with Gasteiger partial charge in [0.2, 0.25) is 0 Å². The summed E-state index contributed by atoms with van der Waals surface area (Å²) in [6.07, 6.45) is 2.29. The molecule has 1 aliphatic heterocycles. The zero-order chi connectivity index (χ0) is 9.90. The number of nitrogens with zero attached hydrogens (tertiary/aromatic N) is 1. The fourth-order valence-corrected chi connectivity index (χ4v) is 2.41. The van der Waals surface area contributed by atoms with Gasteiger partial charge in [-0.3, -0.25) is 4.99 Å². The SMILES string of the molecule is CCC(C)N=C1NC(C)(CC)CS1. The van der Waals surface area contributed by atoms with Crippen molar-refractivity contribution in [2.24, 2.45) is 4.99 Å². The van der Waals surface area contributed by atoms with Crippen molar-refractivity contribution < 1.29 is 0 Å². The highest BCUT2D eigenvalue weighted by Crippen LogP contribution is 2.25. The monoisotopic (exact) mass is 200 g/mol. The summed E-state index contributed by atoms with van der Waals surface area (Å²) in [5, 5.41) is 4.63. The van der Waals surface area contributed by atoms with E-state index in [2.05, 4.69) is 38.0 Å². The fraction of sp³-hybridized carbons (Fsp3) is 0.900. The standard InChI is InChI=1S/C10H20N2S/c1-5-8(3)11-9-12-10(4,6-2)7-13-9/h8H,5-7H2,1-4H3,(H,11,12). The molecule has 2 nitrogen and oxygen atoms in total. The summed E-state index contributed by atoms with van der Waals surface area (Å²) < 4.78 is 0. The molecule has 1 saturated heterocycles. The molecule has 0 bridgehead atoms. The fourth-order valence-electron chi connectivity index (χ4n) is 1.11. The van der Waals surface area contributed by atoms with Crippen LogP contribution in [0.2, 0.25) is 0 Å². The largest absolute Gasteiger partial charge is 0.359 e. The van der Waals surface area contributed by atoms with Gasteiger partial charge in [-0.25, -0.2) is 0 Å². The van der Waals surface area contributed by atoms with Crippen LogP contribution in [0.3, 0.4) is 0 Å². The third-order valence-electron chi connectivity index (χ3n) is 2.64. The highest BCUT2D eigenvalue weighted by Gasteiger charge is 2.30. The maximum atomic E-state index is 4.61. The molecule has 0 aromatic rings. The van der Waals surface area contributed by atoms with Gasteiger partial charge < -0.3 is 5.32 Å². The van der Waals surface area contributed by atoms with Gasteiger partial charge in [-0.2, -0.15) is 0 Å². The molecule has 1 rings (SSSR count). The molecule has 2 atom stereocenters. The first-order chi connectivity index (χ1) is 6.09. The Morgan fingerprint density at radius 1 is 1.62 bits per heavy atom. The van der Waals surface area contributed by atoms with Gasteiger partial charge in [0, 0.05) is 17.3 Å². The zero-order valence-electron chi connectivity index (χ0n) is 9.05. The topological polar surface area (TPSA) is 24.4 Å². The van der Waals surface area contributed by atoms with Crippen LogP contribution in [0.25, 0.3) is 0 Å². The van der Waals surface area contributed by atoms with E-state index in [1.807, 2.05) is 11.8 Å². The first-order valence-corrected chi connectivity index (χ1v) is 6.07. The lowest BCUT2D eigenvalue weighted by atomic mass is 10.0. The predicted molar refractivity (Wildman–Crippen MR) is 61.5 cm³/mol. The molecule has 0 radical (unpaired) electrons. The Labute approximate surface area is 85.6 Å². The normalized spacial score (nSPS) is 33.4. The van der Waals surface area contributed by atoms with Crippen molar-refractivity contribution in [2.75, 3.05) is 5.75 Å². The minimum absolute atomic E-state index is 0.275. The van der Waals surface area contributed by atoms with E-state index in [9.17, 15) is 0 Å². The highest BCUT2D eigenvalue weighted by molar-refractivity contribution is 8.14. The molecule has 2 unspecified atom stereocenters. The zero-order valence-corrected chi connectivity index (χ0v) is 9.87. The minimum atomic E-state index is 0.275. The third-order valence-corrected chi connectivity index (χ3v) is 3.91. The van der Waals surface area contributed by atoms with E-state index in [4.69, 9.17) is 0 Å². The Morgan fingerprint density at radius 2 is 2.31 bits per heavy atom. The second-order valence-corrected chi connectivity index (χ2v) is 4.98. The number of nitrogens with one attached hydrogen (secondary N) is 1. The van der Waals surface area contributed by atoms with Crippen LogP contribution in [0, 0.1) is 0 Å². The molecular weight excluding hydrogens is 180 g/mol. The molecule has 0 aromatic carbocycles. The molecule has 3 heteroatoms.